The summed E-state index contributed by atoms with van der Waals surface area (Å²) in [6, 6.07) is 9.39. The molecule has 0 aliphatic carbocycles. The minimum Gasteiger partial charge on any atom is -0.478 e. The van der Waals surface area contributed by atoms with Crippen molar-refractivity contribution in [1.82, 2.24) is 14.9 Å². The van der Waals surface area contributed by atoms with Gasteiger partial charge in [-0.05, 0) is 58.4 Å². The van der Waals surface area contributed by atoms with E-state index >= 15 is 0 Å². The first-order chi connectivity index (χ1) is 11.9. The maximum absolute atomic E-state index is 11.2. The highest BCUT2D eigenvalue weighted by Gasteiger charge is 2.25. The first kappa shape index (κ1) is 17.5. The molecule has 0 spiro atoms. The van der Waals surface area contributed by atoms with Gasteiger partial charge in [-0.2, -0.15) is 0 Å². The maximum atomic E-state index is 11.2. The highest BCUT2D eigenvalue weighted by atomic mass is 16.4. The molecule has 1 aliphatic heterocycles. The molecular weight excluding hydrogens is 314 g/mol. The Balaban J connectivity index is 1.93. The largest absolute Gasteiger partial charge is 0.478 e. The highest BCUT2D eigenvalue weighted by molar-refractivity contribution is 5.89. The fourth-order valence-electron chi connectivity index (χ4n) is 3.42. The van der Waals surface area contributed by atoms with Gasteiger partial charge in [0, 0.05) is 29.8 Å². The molecule has 1 fully saturated rings. The maximum Gasteiger partial charge on any atom is 0.335 e. The van der Waals surface area contributed by atoms with Gasteiger partial charge in [0.1, 0.15) is 5.82 Å². The van der Waals surface area contributed by atoms with Gasteiger partial charge in [0.25, 0.3) is 0 Å². The van der Waals surface area contributed by atoms with Gasteiger partial charge in [0.05, 0.1) is 11.3 Å². The van der Waals surface area contributed by atoms with E-state index in [0.717, 1.165) is 48.7 Å². The minimum absolute atomic E-state index is 0.277. The van der Waals surface area contributed by atoms with Crippen LogP contribution in [0.1, 0.15) is 54.5 Å². The van der Waals surface area contributed by atoms with Crippen LogP contribution in [0.25, 0.3) is 11.3 Å². The van der Waals surface area contributed by atoms with E-state index in [0.29, 0.717) is 12.0 Å². The number of carbonyl (C=O) groups is 1. The van der Waals surface area contributed by atoms with Crippen LogP contribution in [-0.2, 0) is 0 Å². The molecule has 25 heavy (non-hydrogen) atoms. The van der Waals surface area contributed by atoms with Crippen LogP contribution in [-0.4, -0.2) is 45.1 Å². The smallest absolute Gasteiger partial charge is 0.335 e. The lowest BCUT2D eigenvalue weighted by Gasteiger charge is -2.34. The predicted molar refractivity (Wildman–Crippen MR) is 97.8 cm³/mol. The Morgan fingerprint density at radius 1 is 1.28 bits per heavy atom. The van der Waals surface area contributed by atoms with Crippen LogP contribution in [0.15, 0.2) is 30.3 Å². The van der Waals surface area contributed by atoms with Crippen LogP contribution in [0.4, 0.5) is 0 Å². The molecule has 2 heterocycles. The second kappa shape index (κ2) is 7.31. The normalized spacial score (nSPS) is 18.5. The van der Waals surface area contributed by atoms with Crippen molar-refractivity contribution < 1.29 is 9.90 Å². The molecule has 132 valence electrons. The number of aromatic carboxylic acids is 1. The number of aromatic nitrogens is 2. The molecule has 0 amide bonds. The van der Waals surface area contributed by atoms with E-state index in [4.69, 9.17) is 4.98 Å². The standard InChI is InChI=1S/C20H25N3O2/c1-13(2)23-9-5-8-17(12-23)19-21-14(3)10-18(22-19)15-6-4-7-16(11-15)20(24)25/h4,6-7,10-11,13,17H,5,8-9,12H2,1-3H3,(H,24,25). The van der Waals surface area contributed by atoms with Crippen molar-refractivity contribution in [3.8, 4) is 11.3 Å². The Morgan fingerprint density at radius 3 is 2.80 bits per heavy atom. The summed E-state index contributed by atoms with van der Waals surface area (Å²) in [6.45, 7) is 8.53. The average Bonchev–Trinajstić information content (AvgIpc) is 2.61. The van der Waals surface area contributed by atoms with Gasteiger partial charge in [0.15, 0.2) is 0 Å². The number of aryl methyl sites for hydroxylation is 1. The third-order valence-corrected chi connectivity index (χ3v) is 4.83. The monoisotopic (exact) mass is 339 g/mol. The number of carboxylic acids is 1. The molecule has 1 atom stereocenters. The molecule has 5 nitrogen and oxygen atoms in total. The van der Waals surface area contributed by atoms with Crippen LogP contribution in [0, 0.1) is 6.92 Å². The fourth-order valence-corrected chi connectivity index (χ4v) is 3.42. The second-order valence-corrected chi connectivity index (χ2v) is 7.07. The highest BCUT2D eigenvalue weighted by Crippen LogP contribution is 2.28. The zero-order chi connectivity index (χ0) is 18.0. The van der Waals surface area contributed by atoms with Crippen LogP contribution < -0.4 is 0 Å². The Bertz CT molecular complexity index is 773. The van der Waals surface area contributed by atoms with Crippen LogP contribution in [0.5, 0.6) is 0 Å². The van der Waals surface area contributed by atoms with Gasteiger partial charge in [-0.25, -0.2) is 14.8 Å². The van der Waals surface area contributed by atoms with Crippen molar-refractivity contribution in [2.24, 2.45) is 0 Å². The van der Waals surface area contributed by atoms with Gasteiger partial charge >= 0.3 is 5.97 Å². The lowest BCUT2D eigenvalue weighted by Crippen LogP contribution is -2.39. The van der Waals surface area contributed by atoms with Gasteiger partial charge < -0.3 is 10.0 Å². The van der Waals surface area contributed by atoms with Gasteiger partial charge in [-0.15, -0.1) is 0 Å². The lowest BCUT2D eigenvalue weighted by atomic mass is 9.95. The number of likely N-dealkylation sites (tertiary alicyclic amines) is 1. The van der Waals surface area contributed by atoms with Crippen molar-refractivity contribution in [1.29, 1.82) is 0 Å². The number of piperidine rings is 1. The Labute approximate surface area is 148 Å². The van der Waals surface area contributed by atoms with E-state index in [1.165, 1.54) is 0 Å². The molecule has 1 saturated heterocycles. The van der Waals surface area contributed by atoms with Crippen molar-refractivity contribution in [3.63, 3.8) is 0 Å². The summed E-state index contributed by atoms with van der Waals surface area (Å²) in [5.74, 6) is 0.284. The molecule has 1 aromatic heterocycles. The molecule has 1 aromatic carbocycles. The predicted octanol–water partition coefficient (Wildman–Crippen LogP) is 3.74. The summed E-state index contributed by atoms with van der Waals surface area (Å²) in [6.07, 6.45) is 2.26. The molecule has 5 heteroatoms. The molecule has 0 saturated carbocycles. The van der Waals surface area contributed by atoms with Crippen LogP contribution in [0.3, 0.4) is 0 Å². The number of hydrogen-bond donors (Lipinski definition) is 1. The van der Waals surface area contributed by atoms with E-state index in [9.17, 15) is 9.90 Å². The van der Waals surface area contributed by atoms with Crippen molar-refractivity contribution in [3.05, 3.63) is 47.4 Å². The first-order valence-corrected chi connectivity index (χ1v) is 8.87. The molecule has 2 aromatic rings. The Morgan fingerprint density at radius 2 is 2.08 bits per heavy atom. The third-order valence-electron chi connectivity index (χ3n) is 4.83. The molecule has 1 unspecified atom stereocenters. The van der Waals surface area contributed by atoms with E-state index in [1.54, 1.807) is 18.2 Å². The fraction of sp³-hybridized carbons (Fsp3) is 0.450. The number of hydrogen-bond acceptors (Lipinski definition) is 4. The van der Waals surface area contributed by atoms with E-state index in [1.807, 2.05) is 19.1 Å². The molecule has 1 N–H and O–H groups in total. The molecule has 0 bridgehead atoms. The summed E-state index contributed by atoms with van der Waals surface area (Å²) >= 11 is 0. The van der Waals surface area contributed by atoms with E-state index in [-0.39, 0.29) is 5.56 Å². The van der Waals surface area contributed by atoms with Crippen LogP contribution in [0.2, 0.25) is 0 Å². The lowest BCUT2D eigenvalue weighted by molar-refractivity contribution is 0.0697. The first-order valence-electron chi connectivity index (χ1n) is 8.87. The Hall–Kier alpha value is -2.27. The Kier molecular flexibility index (Phi) is 5.13. The summed E-state index contributed by atoms with van der Waals surface area (Å²) in [5.41, 5.74) is 2.82. The summed E-state index contributed by atoms with van der Waals surface area (Å²) < 4.78 is 0. The zero-order valence-electron chi connectivity index (χ0n) is 15.1. The van der Waals surface area contributed by atoms with E-state index < -0.39 is 5.97 Å². The van der Waals surface area contributed by atoms with E-state index in [2.05, 4.69) is 23.7 Å². The van der Waals surface area contributed by atoms with Crippen molar-refractivity contribution >= 4 is 5.97 Å². The van der Waals surface area contributed by atoms with Gasteiger partial charge in [0.2, 0.25) is 0 Å². The SMILES string of the molecule is Cc1cc(-c2cccc(C(=O)O)c2)nc(C2CCCN(C(C)C)C2)n1. The zero-order valence-corrected chi connectivity index (χ0v) is 15.1. The number of benzene rings is 1. The van der Waals surface area contributed by atoms with Gasteiger partial charge in [-0.1, -0.05) is 12.1 Å². The summed E-state index contributed by atoms with van der Waals surface area (Å²) in [5, 5.41) is 9.21. The summed E-state index contributed by atoms with van der Waals surface area (Å²) in [7, 11) is 0. The minimum atomic E-state index is -0.923. The summed E-state index contributed by atoms with van der Waals surface area (Å²) in [4.78, 5) is 23.2. The van der Waals surface area contributed by atoms with Crippen molar-refractivity contribution in [2.45, 2.75) is 45.6 Å². The average molecular weight is 339 g/mol. The molecule has 1 aliphatic rings. The van der Waals surface area contributed by atoms with Gasteiger partial charge in [-0.3, -0.25) is 0 Å². The molecule has 3 rings (SSSR count). The number of rotatable bonds is 4. The molecular formula is C20H25N3O2. The molecule has 0 radical (unpaired) electrons. The van der Waals surface area contributed by atoms with Crippen molar-refractivity contribution in [2.75, 3.05) is 13.1 Å². The third kappa shape index (κ3) is 4.04. The second-order valence-electron chi connectivity index (χ2n) is 7.07. The quantitative estimate of drug-likeness (QED) is 0.919. The van der Waals surface area contributed by atoms with Crippen LogP contribution >= 0.6 is 0 Å². The number of nitrogens with zero attached hydrogens (tertiary/aromatic N) is 3. The topological polar surface area (TPSA) is 66.3 Å². The number of carboxylic acid groups (broad SMARTS) is 1.